The smallest absolute Gasteiger partial charge is 0.446 e. The lowest BCUT2D eigenvalue weighted by Gasteiger charge is -2.11. The van der Waals surface area contributed by atoms with Crippen LogP contribution in [0.2, 0.25) is 0 Å². The standard InChI is InChI=1S/C20H13F3N2O2S/c1-27-19(26)13-6-9-16-15(11-13)24-18(17-3-2-10-25(16)17)12-4-7-14(8-5-12)28-20(21,22)23/h2-11H,1H3. The molecule has 0 unspecified atom stereocenters. The molecule has 4 aromatic rings. The van der Waals surface area contributed by atoms with E-state index in [1.54, 1.807) is 30.3 Å². The van der Waals surface area contributed by atoms with Gasteiger partial charge in [0.1, 0.15) is 0 Å². The Balaban J connectivity index is 1.85. The summed E-state index contributed by atoms with van der Waals surface area (Å²) in [5.74, 6) is -0.466. The van der Waals surface area contributed by atoms with Crippen molar-refractivity contribution in [2.24, 2.45) is 0 Å². The number of rotatable bonds is 3. The summed E-state index contributed by atoms with van der Waals surface area (Å²) >= 11 is -0.157. The summed E-state index contributed by atoms with van der Waals surface area (Å²) in [4.78, 5) is 16.6. The number of halogens is 3. The fourth-order valence-electron chi connectivity index (χ4n) is 3.05. The number of nitrogens with zero attached hydrogens (tertiary/aromatic N) is 2. The van der Waals surface area contributed by atoms with Crippen LogP contribution in [0.3, 0.4) is 0 Å². The van der Waals surface area contributed by atoms with Crippen molar-refractivity contribution in [1.82, 2.24) is 9.38 Å². The van der Waals surface area contributed by atoms with Gasteiger partial charge in [0.2, 0.25) is 0 Å². The third-order valence-corrected chi connectivity index (χ3v) is 4.98. The first kappa shape index (κ1) is 18.4. The van der Waals surface area contributed by atoms with Crippen molar-refractivity contribution in [3.8, 4) is 11.3 Å². The van der Waals surface area contributed by atoms with E-state index in [9.17, 15) is 18.0 Å². The number of aromatic nitrogens is 2. The van der Waals surface area contributed by atoms with Gasteiger partial charge in [-0.25, -0.2) is 9.78 Å². The highest BCUT2D eigenvalue weighted by Gasteiger charge is 2.29. The van der Waals surface area contributed by atoms with E-state index < -0.39 is 11.5 Å². The summed E-state index contributed by atoms with van der Waals surface area (Å²) < 4.78 is 44.3. The van der Waals surface area contributed by atoms with Gasteiger partial charge in [-0.3, -0.25) is 0 Å². The van der Waals surface area contributed by atoms with Crippen molar-refractivity contribution in [2.75, 3.05) is 7.11 Å². The number of alkyl halides is 3. The monoisotopic (exact) mass is 402 g/mol. The summed E-state index contributed by atoms with van der Waals surface area (Å²) in [6.07, 6.45) is 1.87. The molecule has 2 aromatic carbocycles. The lowest BCUT2D eigenvalue weighted by Crippen LogP contribution is -2.02. The zero-order valence-electron chi connectivity index (χ0n) is 14.5. The molecule has 0 aliphatic rings. The van der Waals surface area contributed by atoms with E-state index in [2.05, 4.69) is 4.98 Å². The van der Waals surface area contributed by atoms with Crippen LogP contribution < -0.4 is 0 Å². The van der Waals surface area contributed by atoms with Crippen molar-refractivity contribution in [1.29, 1.82) is 0 Å². The highest BCUT2D eigenvalue weighted by molar-refractivity contribution is 8.00. The zero-order valence-corrected chi connectivity index (χ0v) is 15.3. The first-order chi connectivity index (χ1) is 13.4. The molecule has 142 valence electrons. The molecule has 0 amide bonds. The van der Waals surface area contributed by atoms with E-state index in [1.807, 2.05) is 22.7 Å². The minimum atomic E-state index is -4.33. The molecule has 28 heavy (non-hydrogen) atoms. The highest BCUT2D eigenvalue weighted by atomic mass is 32.2. The number of methoxy groups -OCH3 is 1. The van der Waals surface area contributed by atoms with E-state index in [4.69, 9.17) is 4.74 Å². The summed E-state index contributed by atoms with van der Waals surface area (Å²) in [6, 6.07) is 14.9. The summed E-state index contributed by atoms with van der Waals surface area (Å²) in [5, 5.41) is 0. The Kier molecular flexibility index (Phi) is 4.50. The minimum absolute atomic E-state index is 0.108. The predicted molar refractivity (Wildman–Crippen MR) is 101 cm³/mol. The van der Waals surface area contributed by atoms with Crippen molar-refractivity contribution in [3.63, 3.8) is 0 Å². The molecule has 2 aromatic heterocycles. The molecular formula is C20H13F3N2O2S. The maximum Gasteiger partial charge on any atom is 0.446 e. The normalized spacial score (nSPS) is 11.9. The second-order valence-corrected chi connectivity index (χ2v) is 7.13. The number of hydrogen-bond donors (Lipinski definition) is 0. The van der Waals surface area contributed by atoms with Crippen LogP contribution in [0, 0.1) is 0 Å². The molecule has 0 aliphatic carbocycles. The van der Waals surface area contributed by atoms with Gasteiger partial charge in [-0.05, 0) is 54.2 Å². The van der Waals surface area contributed by atoms with Crippen LogP contribution in [-0.2, 0) is 4.74 Å². The number of hydrogen-bond acceptors (Lipinski definition) is 4. The second-order valence-electron chi connectivity index (χ2n) is 5.99. The Morgan fingerprint density at radius 3 is 2.50 bits per heavy atom. The molecule has 0 saturated carbocycles. The maximum atomic E-state index is 12.5. The molecule has 4 rings (SSSR count). The van der Waals surface area contributed by atoms with Crippen LogP contribution in [0.1, 0.15) is 10.4 Å². The molecule has 4 nitrogen and oxygen atoms in total. The third-order valence-electron chi connectivity index (χ3n) is 4.24. The van der Waals surface area contributed by atoms with Gasteiger partial charge >= 0.3 is 11.5 Å². The van der Waals surface area contributed by atoms with Crippen LogP contribution in [0.25, 0.3) is 27.8 Å². The van der Waals surface area contributed by atoms with Crippen molar-refractivity contribution in [3.05, 3.63) is 66.4 Å². The largest absolute Gasteiger partial charge is 0.465 e. The predicted octanol–water partition coefficient (Wildman–Crippen LogP) is 5.55. The van der Waals surface area contributed by atoms with E-state index in [1.165, 1.54) is 19.2 Å². The molecular weight excluding hydrogens is 389 g/mol. The quantitative estimate of drug-likeness (QED) is 0.333. The van der Waals surface area contributed by atoms with E-state index in [-0.39, 0.29) is 16.7 Å². The number of fused-ring (bicyclic) bond motifs is 3. The fourth-order valence-corrected chi connectivity index (χ4v) is 3.59. The first-order valence-electron chi connectivity index (χ1n) is 8.21. The minimum Gasteiger partial charge on any atom is -0.465 e. The third kappa shape index (κ3) is 3.43. The van der Waals surface area contributed by atoms with Crippen LogP contribution in [0.5, 0.6) is 0 Å². The zero-order chi connectivity index (χ0) is 19.9. The molecule has 0 aliphatic heterocycles. The summed E-state index contributed by atoms with van der Waals surface area (Å²) in [7, 11) is 1.31. The number of carbonyl (C=O) groups is 1. The van der Waals surface area contributed by atoms with Crippen LogP contribution >= 0.6 is 11.8 Å². The maximum absolute atomic E-state index is 12.5. The van der Waals surface area contributed by atoms with Crippen molar-refractivity contribution < 1.29 is 22.7 Å². The van der Waals surface area contributed by atoms with Gasteiger partial charge in [0.15, 0.2) is 0 Å². The first-order valence-corrected chi connectivity index (χ1v) is 9.03. The van der Waals surface area contributed by atoms with Crippen molar-refractivity contribution >= 4 is 34.3 Å². The van der Waals surface area contributed by atoms with Gasteiger partial charge in [-0.2, -0.15) is 13.2 Å². The lowest BCUT2D eigenvalue weighted by molar-refractivity contribution is -0.0328. The number of benzene rings is 2. The number of carbonyl (C=O) groups excluding carboxylic acids is 1. The van der Waals surface area contributed by atoms with Crippen molar-refractivity contribution in [2.45, 2.75) is 10.4 Å². The molecule has 0 atom stereocenters. The Morgan fingerprint density at radius 2 is 1.82 bits per heavy atom. The average molecular weight is 402 g/mol. The van der Waals surface area contributed by atoms with Gasteiger partial charge in [0.25, 0.3) is 0 Å². The van der Waals surface area contributed by atoms with Crippen LogP contribution in [0.4, 0.5) is 13.2 Å². The number of ether oxygens (including phenoxy) is 1. The Morgan fingerprint density at radius 1 is 1.07 bits per heavy atom. The van der Waals surface area contributed by atoms with Gasteiger partial charge in [0.05, 0.1) is 34.9 Å². The summed E-state index contributed by atoms with van der Waals surface area (Å²) in [5.41, 5.74) is -0.465. The molecule has 0 saturated heterocycles. The van der Waals surface area contributed by atoms with E-state index >= 15 is 0 Å². The second kappa shape index (κ2) is 6.87. The number of esters is 1. The van der Waals surface area contributed by atoms with Gasteiger partial charge < -0.3 is 9.14 Å². The Bertz CT molecular complexity index is 1180. The molecule has 8 heteroatoms. The summed E-state index contributed by atoms with van der Waals surface area (Å²) in [6.45, 7) is 0. The van der Waals surface area contributed by atoms with Crippen LogP contribution in [0.15, 0.2) is 65.7 Å². The molecule has 0 radical (unpaired) electrons. The highest BCUT2D eigenvalue weighted by Crippen LogP contribution is 2.37. The molecule has 2 heterocycles. The molecule has 0 bridgehead atoms. The van der Waals surface area contributed by atoms with Crippen LogP contribution in [-0.4, -0.2) is 28.0 Å². The Hall–Kier alpha value is -3.00. The lowest BCUT2D eigenvalue weighted by atomic mass is 10.1. The molecule has 0 spiro atoms. The molecule has 0 fully saturated rings. The van der Waals surface area contributed by atoms with Gasteiger partial charge in [-0.15, -0.1) is 0 Å². The molecule has 0 N–H and O–H groups in total. The number of thioether (sulfide) groups is 1. The fraction of sp³-hybridized carbons (Fsp3) is 0.100. The SMILES string of the molecule is COC(=O)c1ccc2c(c1)nc(-c1ccc(SC(F)(F)F)cc1)c1cccn12. The van der Waals surface area contributed by atoms with Gasteiger partial charge in [-0.1, -0.05) is 12.1 Å². The van der Waals surface area contributed by atoms with E-state index in [0.717, 1.165) is 11.0 Å². The van der Waals surface area contributed by atoms with E-state index in [0.29, 0.717) is 22.3 Å². The average Bonchev–Trinajstić information content (AvgIpc) is 3.15. The topological polar surface area (TPSA) is 43.6 Å². The van der Waals surface area contributed by atoms with Gasteiger partial charge in [0, 0.05) is 16.7 Å². The Labute approximate surface area is 161 Å².